The van der Waals surface area contributed by atoms with Crippen molar-refractivity contribution >= 4 is 6.29 Å². The van der Waals surface area contributed by atoms with Crippen LogP contribution in [-0.2, 0) is 5.41 Å². The fourth-order valence-corrected chi connectivity index (χ4v) is 2.94. The third-order valence-corrected chi connectivity index (χ3v) is 3.99. The van der Waals surface area contributed by atoms with E-state index in [-0.39, 0.29) is 5.41 Å². The molecule has 2 aromatic carbocycles. The zero-order valence-electron chi connectivity index (χ0n) is 10.9. The summed E-state index contributed by atoms with van der Waals surface area (Å²) in [6.45, 7) is 6.58. The lowest BCUT2D eigenvalue weighted by molar-refractivity contribution is 0.112. The van der Waals surface area contributed by atoms with E-state index in [1.165, 1.54) is 27.8 Å². The summed E-state index contributed by atoms with van der Waals surface area (Å²) < 4.78 is 0. The first-order chi connectivity index (χ1) is 8.54. The van der Waals surface area contributed by atoms with Crippen LogP contribution in [0.25, 0.3) is 11.1 Å². The maximum absolute atomic E-state index is 10.9. The van der Waals surface area contributed by atoms with Gasteiger partial charge < -0.3 is 0 Å². The van der Waals surface area contributed by atoms with Gasteiger partial charge in [-0.15, -0.1) is 0 Å². The molecular formula is C17H16O. The van der Waals surface area contributed by atoms with Crippen LogP contribution in [0.4, 0.5) is 0 Å². The van der Waals surface area contributed by atoms with Crippen LogP contribution >= 0.6 is 0 Å². The summed E-state index contributed by atoms with van der Waals surface area (Å²) in [5, 5.41) is 0. The highest BCUT2D eigenvalue weighted by atomic mass is 16.1. The van der Waals surface area contributed by atoms with E-state index in [1.54, 1.807) is 0 Å². The molecule has 0 amide bonds. The minimum atomic E-state index is -0.0181. The highest BCUT2D eigenvalue weighted by Gasteiger charge is 2.35. The summed E-state index contributed by atoms with van der Waals surface area (Å²) in [7, 11) is 0. The van der Waals surface area contributed by atoms with E-state index in [0.717, 1.165) is 11.8 Å². The molecule has 1 aliphatic rings. The molecule has 0 saturated heterocycles. The molecule has 2 aromatic rings. The second-order valence-electron chi connectivity index (χ2n) is 5.60. The van der Waals surface area contributed by atoms with E-state index in [9.17, 15) is 4.79 Å². The smallest absolute Gasteiger partial charge is 0.150 e. The number of carbonyl (C=O) groups is 1. The van der Waals surface area contributed by atoms with Gasteiger partial charge in [0.1, 0.15) is 6.29 Å². The van der Waals surface area contributed by atoms with Gasteiger partial charge in [-0.25, -0.2) is 0 Å². The number of carbonyl (C=O) groups excluding carboxylic acids is 1. The van der Waals surface area contributed by atoms with Crippen LogP contribution in [0, 0.1) is 6.92 Å². The number of hydrogen-bond acceptors (Lipinski definition) is 1. The van der Waals surface area contributed by atoms with Crippen molar-refractivity contribution in [1.29, 1.82) is 0 Å². The molecule has 1 aliphatic carbocycles. The standard InChI is InChI=1S/C17H16O/c1-11-4-6-13-14-7-5-12(10-18)9-16(14)17(2,3)15(13)8-11/h4-10H,1-3H3. The lowest BCUT2D eigenvalue weighted by Gasteiger charge is -2.21. The van der Waals surface area contributed by atoms with Gasteiger partial charge in [0.2, 0.25) is 0 Å². The van der Waals surface area contributed by atoms with Crippen LogP contribution in [0.3, 0.4) is 0 Å². The van der Waals surface area contributed by atoms with Gasteiger partial charge in [-0.2, -0.15) is 0 Å². The van der Waals surface area contributed by atoms with Gasteiger partial charge in [0, 0.05) is 11.0 Å². The summed E-state index contributed by atoms with van der Waals surface area (Å²) in [5.41, 5.74) is 7.21. The predicted molar refractivity (Wildman–Crippen MR) is 74.1 cm³/mol. The summed E-state index contributed by atoms with van der Waals surface area (Å²) in [6.07, 6.45) is 0.921. The number of aldehydes is 1. The Labute approximate surface area is 107 Å². The van der Waals surface area contributed by atoms with Crippen LogP contribution < -0.4 is 0 Å². The Morgan fingerprint density at radius 2 is 1.56 bits per heavy atom. The summed E-state index contributed by atoms with van der Waals surface area (Å²) in [6, 6.07) is 12.6. The molecule has 0 spiro atoms. The quantitative estimate of drug-likeness (QED) is 0.681. The van der Waals surface area contributed by atoms with E-state index >= 15 is 0 Å². The molecule has 90 valence electrons. The SMILES string of the molecule is Cc1ccc2c(c1)C(C)(C)c1cc(C=O)ccc1-2. The monoisotopic (exact) mass is 236 g/mol. The molecule has 0 aromatic heterocycles. The van der Waals surface area contributed by atoms with E-state index < -0.39 is 0 Å². The number of benzene rings is 2. The molecule has 0 N–H and O–H groups in total. The molecule has 3 rings (SSSR count). The van der Waals surface area contributed by atoms with Gasteiger partial charge in [0.15, 0.2) is 0 Å². The maximum atomic E-state index is 10.9. The molecule has 18 heavy (non-hydrogen) atoms. The Balaban J connectivity index is 2.34. The normalized spacial score (nSPS) is 15.1. The number of rotatable bonds is 1. The predicted octanol–water partition coefficient (Wildman–Crippen LogP) is 4.11. The first-order valence-corrected chi connectivity index (χ1v) is 6.25. The van der Waals surface area contributed by atoms with Gasteiger partial charge in [-0.05, 0) is 35.2 Å². The van der Waals surface area contributed by atoms with Crippen molar-refractivity contribution in [2.45, 2.75) is 26.2 Å². The van der Waals surface area contributed by atoms with Gasteiger partial charge in [-0.1, -0.05) is 49.7 Å². The van der Waals surface area contributed by atoms with Crippen molar-refractivity contribution in [3.8, 4) is 11.1 Å². The first-order valence-electron chi connectivity index (χ1n) is 6.25. The first kappa shape index (κ1) is 11.2. The van der Waals surface area contributed by atoms with Crippen molar-refractivity contribution in [3.05, 3.63) is 58.7 Å². The molecule has 0 heterocycles. The fourth-order valence-electron chi connectivity index (χ4n) is 2.94. The van der Waals surface area contributed by atoms with Crippen LogP contribution in [0.1, 0.15) is 40.9 Å². The Kier molecular flexibility index (Phi) is 2.21. The third-order valence-electron chi connectivity index (χ3n) is 3.99. The number of hydrogen-bond donors (Lipinski definition) is 0. The summed E-state index contributed by atoms with van der Waals surface area (Å²) >= 11 is 0. The summed E-state index contributed by atoms with van der Waals surface area (Å²) in [5.74, 6) is 0. The topological polar surface area (TPSA) is 17.1 Å². The van der Waals surface area contributed by atoms with Crippen LogP contribution in [0.5, 0.6) is 0 Å². The van der Waals surface area contributed by atoms with Crippen LogP contribution in [0.15, 0.2) is 36.4 Å². The maximum Gasteiger partial charge on any atom is 0.150 e. The lowest BCUT2D eigenvalue weighted by Crippen LogP contribution is -2.15. The van der Waals surface area contributed by atoms with E-state index in [4.69, 9.17) is 0 Å². The molecule has 1 heteroatoms. The molecule has 0 fully saturated rings. The fraction of sp³-hybridized carbons (Fsp3) is 0.235. The van der Waals surface area contributed by atoms with Gasteiger partial charge in [-0.3, -0.25) is 4.79 Å². The average Bonchev–Trinajstić information content (AvgIpc) is 2.58. The van der Waals surface area contributed by atoms with Crippen LogP contribution in [0.2, 0.25) is 0 Å². The average molecular weight is 236 g/mol. The second-order valence-corrected chi connectivity index (χ2v) is 5.60. The molecule has 0 saturated carbocycles. The second kappa shape index (κ2) is 3.55. The van der Waals surface area contributed by atoms with Crippen molar-refractivity contribution in [2.75, 3.05) is 0 Å². The molecule has 1 nitrogen and oxygen atoms in total. The largest absolute Gasteiger partial charge is 0.298 e. The van der Waals surface area contributed by atoms with Crippen LogP contribution in [-0.4, -0.2) is 6.29 Å². The molecule has 0 bridgehead atoms. The van der Waals surface area contributed by atoms with E-state index in [1.807, 2.05) is 12.1 Å². The Hall–Kier alpha value is -1.89. The van der Waals surface area contributed by atoms with Gasteiger partial charge in [0.05, 0.1) is 0 Å². The summed E-state index contributed by atoms with van der Waals surface area (Å²) in [4.78, 5) is 10.9. The number of fused-ring (bicyclic) bond motifs is 3. The zero-order chi connectivity index (χ0) is 12.9. The Morgan fingerprint density at radius 1 is 0.944 bits per heavy atom. The zero-order valence-corrected chi connectivity index (χ0v) is 10.9. The Morgan fingerprint density at radius 3 is 2.22 bits per heavy atom. The molecule has 0 aliphatic heterocycles. The molecule has 0 atom stereocenters. The third kappa shape index (κ3) is 1.37. The molecule has 0 unspecified atom stereocenters. The van der Waals surface area contributed by atoms with Crippen molar-refractivity contribution in [2.24, 2.45) is 0 Å². The minimum absolute atomic E-state index is 0.0181. The lowest BCUT2D eigenvalue weighted by atomic mass is 9.81. The van der Waals surface area contributed by atoms with Gasteiger partial charge >= 0.3 is 0 Å². The highest BCUT2D eigenvalue weighted by Crippen LogP contribution is 2.48. The van der Waals surface area contributed by atoms with Gasteiger partial charge in [0.25, 0.3) is 0 Å². The van der Waals surface area contributed by atoms with Crippen molar-refractivity contribution in [3.63, 3.8) is 0 Å². The van der Waals surface area contributed by atoms with Crippen molar-refractivity contribution in [1.82, 2.24) is 0 Å². The van der Waals surface area contributed by atoms with Crippen molar-refractivity contribution < 1.29 is 4.79 Å². The molecule has 0 radical (unpaired) electrons. The Bertz CT molecular complexity index is 651. The van der Waals surface area contributed by atoms with E-state index in [0.29, 0.717) is 0 Å². The number of aryl methyl sites for hydroxylation is 1. The highest BCUT2D eigenvalue weighted by molar-refractivity contribution is 5.85. The minimum Gasteiger partial charge on any atom is -0.298 e. The molecular weight excluding hydrogens is 220 g/mol. The van der Waals surface area contributed by atoms with E-state index in [2.05, 4.69) is 45.0 Å².